The third-order valence-electron chi connectivity index (χ3n) is 4.80. The first-order valence-corrected chi connectivity index (χ1v) is 9.18. The first kappa shape index (κ1) is 22.1. The Morgan fingerprint density at radius 3 is 2.64 bits per heavy atom. The number of nitrogens with one attached hydrogen (secondary N) is 1. The normalized spacial score (nSPS) is 17.5. The summed E-state index contributed by atoms with van der Waals surface area (Å²) in [5.41, 5.74) is 0.683. The first-order valence-electron chi connectivity index (χ1n) is 9.18. The van der Waals surface area contributed by atoms with E-state index in [1.54, 1.807) is 12.1 Å². The van der Waals surface area contributed by atoms with Crippen molar-refractivity contribution < 1.29 is 18.3 Å². The molecule has 1 fully saturated rings. The van der Waals surface area contributed by atoms with Gasteiger partial charge < -0.3 is 15.0 Å². The largest absolute Gasteiger partial charge is 0.476 e. The van der Waals surface area contributed by atoms with Gasteiger partial charge in [0.2, 0.25) is 6.10 Å². The van der Waals surface area contributed by atoms with E-state index in [9.17, 15) is 13.6 Å². The van der Waals surface area contributed by atoms with Crippen molar-refractivity contribution >= 4 is 18.3 Å². The zero-order valence-corrected chi connectivity index (χ0v) is 16.6. The minimum Gasteiger partial charge on any atom is -0.476 e. The van der Waals surface area contributed by atoms with Crippen LogP contribution in [0.25, 0.3) is 0 Å². The maximum Gasteiger partial charge on any atom is 0.268 e. The molecule has 1 amide bonds. The quantitative estimate of drug-likeness (QED) is 0.783. The Labute approximate surface area is 170 Å². The lowest BCUT2D eigenvalue weighted by atomic mass is 9.97. The lowest BCUT2D eigenvalue weighted by Gasteiger charge is -2.35. The average Bonchev–Trinajstić information content (AvgIpc) is 2.69. The van der Waals surface area contributed by atoms with Gasteiger partial charge in [0.1, 0.15) is 5.75 Å². The van der Waals surface area contributed by atoms with Crippen molar-refractivity contribution in [1.29, 1.82) is 0 Å². The molecule has 152 valence electrons. The number of carbonyl (C=O) groups excluding carboxylic acids is 1. The van der Waals surface area contributed by atoms with Crippen LogP contribution < -0.4 is 10.1 Å². The smallest absolute Gasteiger partial charge is 0.268 e. The van der Waals surface area contributed by atoms with E-state index in [0.717, 1.165) is 31.5 Å². The molecule has 0 aliphatic carbocycles. The number of hydrogen-bond donors (Lipinski definition) is 1. The van der Waals surface area contributed by atoms with Crippen LogP contribution in [-0.2, 0) is 4.79 Å². The van der Waals surface area contributed by atoms with Crippen LogP contribution in [0.2, 0.25) is 0 Å². The number of nitrogens with zero attached hydrogens (tertiary/aromatic N) is 1. The Bertz CT molecular complexity index is 774. The van der Waals surface area contributed by atoms with Gasteiger partial charge in [0.15, 0.2) is 11.6 Å². The number of benzene rings is 2. The van der Waals surface area contributed by atoms with Gasteiger partial charge in [-0.1, -0.05) is 30.3 Å². The molecule has 0 aromatic heterocycles. The molecular weight excluding hydrogens is 386 g/mol. The summed E-state index contributed by atoms with van der Waals surface area (Å²) in [6, 6.07) is 12.4. The van der Waals surface area contributed by atoms with Gasteiger partial charge in [-0.25, -0.2) is 8.78 Å². The molecule has 2 aromatic rings. The maximum absolute atomic E-state index is 13.6. The number of rotatable bonds is 6. The molecule has 3 rings (SSSR count). The van der Waals surface area contributed by atoms with Crippen LogP contribution in [0, 0.1) is 17.6 Å². The van der Waals surface area contributed by atoms with Crippen LogP contribution >= 0.6 is 12.4 Å². The molecule has 28 heavy (non-hydrogen) atoms. The van der Waals surface area contributed by atoms with Gasteiger partial charge in [0.25, 0.3) is 5.91 Å². The van der Waals surface area contributed by atoms with Crippen LogP contribution in [0.4, 0.5) is 8.78 Å². The number of piperidine rings is 1. The number of ether oxygens (including phenoxy) is 1. The zero-order chi connectivity index (χ0) is 19.2. The summed E-state index contributed by atoms with van der Waals surface area (Å²) in [7, 11) is 1.90. The molecule has 0 spiro atoms. The van der Waals surface area contributed by atoms with E-state index in [1.165, 1.54) is 6.07 Å². The van der Waals surface area contributed by atoms with Crippen molar-refractivity contribution in [2.75, 3.05) is 26.7 Å². The Kier molecular flexibility index (Phi) is 8.20. The summed E-state index contributed by atoms with van der Waals surface area (Å²) in [6.45, 7) is 2.18. The third-order valence-corrected chi connectivity index (χ3v) is 4.80. The second-order valence-electron chi connectivity index (χ2n) is 6.83. The van der Waals surface area contributed by atoms with Crippen LogP contribution in [0.15, 0.2) is 48.5 Å². The number of halogens is 3. The fourth-order valence-corrected chi connectivity index (χ4v) is 3.46. The van der Waals surface area contributed by atoms with Crippen molar-refractivity contribution in [2.45, 2.75) is 18.9 Å². The highest BCUT2D eigenvalue weighted by Gasteiger charge is 2.31. The SMILES string of the molecule is CNCC1CCCN(C(=O)C(Oc2ccc(F)c(F)c2)c2ccccc2)C1.Cl. The Morgan fingerprint density at radius 2 is 1.96 bits per heavy atom. The van der Waals surface area contributed by atoms with Gasteiger partial charge in [-0.2, -0.15) is 0 Å². The van der Waals surface area contributed by atoms with Crippen molar-refractivity contribution in [1.82, 2.24) is 10.2 Å². The molecule has 2 unspecified atom stereocenters. The predicted molar refractivity (Wildman–Crippen MR) is 107 cm³/mol. The summed E-state index contributed by atoms with van der Waals surface area (Å²) >= 11 is 0. The van der Waals surface area contributed by atoms with Crippen LogP contribution in [-0.4, -0.2) is 37.5 Å². The van der Waals surface area contributed by atoms with Crippen molar-refractivity contribution in [3.63, 3.8) is 0 Å². The van der Waals surface area contributed by atoms with Gasteiger partial charge in [-0.05, 0) is 44.5 Å². The molecule has 1 aliphatic heterocycles. The second kappa shape index (κ2) is 10.4. The molecule has 0 radical (unpaired) electrons. The first-order chi connectivity index (χ1) is 13.1. The van der Waals surface area contributed by atoms with Gasteiger partial charge >= 0.3 is 0 Å². The van der Waals surface area contributed by atoms with Gasteiger partial charge in [0, 0.05) is 24.7 Å². The maximum atomic E-state index is 13.6. The lowest BCUT2D eigenvalue weighted by Crippen LogP contribution is -2.45. The lowest BCUT2D eigenvalue weighted by molar-refractivity contribution is -0.141. The van der Waals surface area contributed by atoms with Crippen molar-refractivity contribution in [3.05, 3.63) is 65.7 Å². The highest BCUT2D eigenvalue weighted by Crippen LogP contribution is 2.27. The Balaban J connectivity index is 0.00000280. The monoisotopic (exact) mass is 410 g/mol. The summed E-state index contributed by atoms with van der Waals surface area (Å²) in [5.74, 6) is -1.59. The molecule has 7 heteroatoms. The number of likely N-dealkylation sites (tertiary alicyclic amines) is 1. The predicted octanol–water partition coefficient (Wildman–Crippen LogP) is 3.96. The summed E-state index contributed by atoms with van der Waals surface area (Å²) in [6.07, 6.45) is 1.11. The van der Waals surface area contributed by atoms with E-state index in [-0.39, 0.29) is 24.1 Å². The van der Waals surface area contributed by atoms with E-state index in [0.29, 0.717) is 24.6 Å². The molecular formula is C21H25ClF2N2O2. The molecule has 1 N–H and O–H groups in total. The number of carbonyl (C=O) groups is 1. The van der Waals surface area contributed by atoms with Gasteiger partial charge in [0.05, 0.1) is 0 Å². The number of hydrogen-bond acceptors (Lipinski definition) is 3. The highest BCUT2D eigenvalue weighted by molar-refractivity contribution is 5.85. The van der Waals surface area contributed by atoms with Crippen molar-refractivity contribution in [3.8, 4) is 5.75 Å². The van der Waals surface area contributed by atoms with Crippen LogP contribution in [0.3, 0.4) is 0 Å². The van der Waals surface area contributed by atoms with E-state index in [4.69, 9.17) is 4.74 Å². The van der Waals surface area contributed by atoms with Crippen LogP contribution in [0.5, 0.6) is 5.75 Å². The van der Waals surface area contributed by atoms with E-state index >= 15 is 0 Å². The standard InChI is InChI=1S/C21H24F2N2O2.ClH/c1-24-13-15-6-5-11-25(14-15)21(26)20(16-7-3-2-4-8-16)27-17-9-10-18(22)19(23)12-17;/h2-4,7-10,12,15,20,24H,5-6,11,13-14H2,1H3;1H. The van der Waals surface area contributed by atoms with Gasteiger partial charge in [-0.3, -0.25) is 4.79 Å². The Morgan fingerprint density at radius 1 is 1.21 bits per heavy atom. The fourth-order valence-electron chi connectivity index (χ4n) is 3.46. The van der Waals surface area contributed by atoms with E-state index in [2.05, 4.69) is 5.32 Å². The molecule has 1 saturated heterocycles. The topological polar surface area (TPSA) is 41.6 Å². The van der Waals surface area contributed by atoms with E-state index in [1.807, 2.05) is 30.1 Å². The van der Waals surface area contributed by atoms with E-state index < -0.39 is 17.7 Å². The summed E-state index contributed by atoms with van der Waals surface area (Å²) in [5, 5.41) is 3.16. The fraction of sp³-hybridized carbons (Fsp3) is 0.381. The van der Waals surface area contributed by atoms with Crippen molar-refractivity contribution in [2.24, 2.45) is 5.92 Å². The second-order valence-corrected chi connectivity index (χ2v) is 6.83. The molecule has 0 saturated carbocycles. The highest BCUT2D eigenvalue weighted by atomic mass is 35.5. The number of amides is 1. The average molecular weight is 411 g/mol. The summed E-state index contributed by atoms with van der Waals surface area (Å²) < 4.78 is 32.6. The summed E-state index contributed by atoms with van der Waals surface area (Å²) in [4.78, 5) is 15.0. The van der Waals surface area contributed by atoms with Crippen LogP contribution in [0.1, 0.15) is 24.5 Å². The molecule has 1 aliphatic rings. The molecule has 4 nitrogen and oxygen atoms in total. The zero-order valence-electron chi connectivity index (χ0n) is 15.7. The minimum atomic E-state index is -1.00. The molecule has 2 atom stereocenters. The molecule has 0 bridgehead atoms. The third kappa shape index (κ3) is 5.42. The molecule has 1 heterocycles. The minimum absolute atomic E-state index is 0. The Hall–Kier alpha value is -2.18. The van der Waals surface area contributed by atoms with Gasteiger partial charge in [-0.15, -0.1) is 12.4 Å². The molecule has 2 aromatic carbocycles.